The van der Waals surface area contributed by atoms with Crippen LogP contribution in [0.5, 0.6) is 0 Å². The van der Waals surface area contributed by atoms with Crippen LogP contribution in [0.15, 0.2) is 85.5 Å². The van der Waals surface area contributed by atoms with Crippen LogP contribution in [-0.4, -0.2) is 99.5 Å². The van der Waals surface area contributed by atoms with Crippen molar-refractivity contribution < 1.29 is 33.4 Å². The van der Waals surface area contributed by atoms with Crippen molar-refractivity contribution in [3.63, 3.8) is 0 Å². The van der Waals surface area contributed by atoms with Gasteiger partial charge in [0.15, 0.2) is 5.78 Å². The minimum absolute atomic E-state index is 0.151. The molecule has 0 radical (unpaired) electrons. The Morgan fingerprint density at radius 1 is 0.842 bits per heavy atom. The number of benzene rings is 2. The monoisotopic (exact) mass is 775 g/mol. The first kappa shape index (κ1) is 39.1. The maximum atomic E-state index is 14.6. The van der Waals surface area contributed by atoms with Gasteiger partial charge in [0.1, 0.15) is 23.7 Å². The van der Waals surface area contributed by atoms with Crippen LogP contribution in [-0.2, 0) is 41.5 Å². The number of Topliss-reactive ketones (excluding diaryl/α,β-unsaturated/α-hetero) is 1. The maximum Gasteiger partial charge on any atom is 0.408 e. The molecular formula is C43H49N7O7. The van der Waals surface area contributed by atoms with E-state index in [4.69, 9.17) is 9.47 Å². The van der Waals surface area contributed by atoms with Crippen molar-refractivity contribution in [3.05, 3.63) is 96.6 Å². The van der Waals surface area contributed by atoms with Crippen LogP contribution in [0.4, 0.5) is 10.5 Å². The predicted octanol–water partition coefficient (Wildman–Crippen LogP) is 4.84. The number of fused-ring (bicyclic) bond motifs is 2. The lowest BCUT2D eigenvalue weighted by molar-refractivity contribution is -0.145. The number of pyridine rings is 1. The summed E-state index contributed by atoms with van der Waals surface area (Å²) in [4.78, 5) is 83.5. The Morgan fingerprint density at radius 3 is 2.07 bits per heavy atom. The summed E-state index contributed by atoms with van der Waals surface area (Å²) in [6.45, 7) is 5.82. The highest BCUT2D eigenvalue weighted by atomic mass is 16.6. The zero-order valence-electron chi connectivity index (χ0n) is 32.6. The third-order valence-electron chi connectivity index (χ3n) is 10.9. The molecule has 2 saturated heterocycles. The number of carbonyl (C=O) groups is 5. The van der Waals surface area contributed by atoms with Crippen molar-refractivity contribution in [1.29, 1.82) is 0 Å². The second-order valence-electron chi connectivity index (χ2n) is 15.8. The second kappa shape index (κ2) is 16.5. The Kier molecular flexibility index (Phi) is 11.3. The van der Waals surface area contributed by atoms with Crippen molar-refractivity contribution in [2.75, 3.05) is 25.1 Å². The van der Waals surface area contributed by atoms with Crippen molar-refractivity contribution in [2.45, 2.75) is 82.6 Å². The van der Waals surface area contributed by atoms with E-state index >= 15 is 0 Å². The number of aromatic nitrogens is 3. The quantitative estimate of drug-likeness (QED) is 0.129. The van der Waals surface area contributed by atoms with E-state index in [0.29, 0.717) is 25.1 Å². The molecule has 0 unspecified atom stereocenters. The molecule has 298 valence electrons. The fourth-order valence-electron chi connectivity index (χ4n) is 8.20. The van der Waals surface area contributed by atoms with Gasteiger partial charge in [-0.25, -0.2) is 9.59 Å². The number of likely N-dealkylation sites (tertiary alicyclic amines) is 1. The number of rotatable bonds is 12. The molecule has 2 aliphatic rings. The summed E-state index contributed by atoms with van der Waals surface area (Å²) < 4.78 is 10.7. The Hall–Kier alpha value is -6.18. The molecule has 3 amide bonds. The zero-order valence-corrected chi connectivity index (χ0v) is 32.6. The smallest absolute Gasteiger partial charge is 0.408 e. The molecule has 0 saturated carbocycles. The fourth-order valence-corrected chi connectivity index (χ4v) is 8.20. The van der Waals surface area contributed by atoms with Crippen LogP contribution < -0.4 is 15.5 Å². The molecule has 14 heteroatoms. The molecule has 57 heavy (non-hydrogen) atoms. The van der Waals surface area contributed by atoms with Crippen LogP contribution in [0.2, 0.25) is 0 Å². The third kappa shape index (κ3) is 8.64. The number of esters is 1. The lowest BCUT2D eigenvalue weighted by atomic mass is 9.93. The number of hydrogen-bond donors (Lipinski definition) is 4. The SMILES string of the molecule is COC(=O)[C@H](Cc1c[nH]c2ccccc12)NC(=O)[C@@H]1C[C@@H](C(=O)[C@@H]2CCCN2C(=O)[C@H](Cc2c[nH]c3ccccc23)NC(=O)OC(C)(C)C)CN1c1ccncc1. The number of nitrogens with zero attached hydrogens (tertiary/aromatic N) is 3. The summed E-state index contributed by atoms with van der Waals surface area (Å²) in [6.07, 6.45) is 7.77. The fraction of sp³-hybridized carbons (Fsp3) is 0.395. The normalized spacial score (nSPS) is 19.3. The number of methoxy groups -OCH3 is 1. The van der Waals surface area contributed by atoms with E-state index in [0.717, 1.165) is 32.9 Å². The number of H-pyrrole nitrogens is 2. The lowest BCUT2D eigenvalue weighted by Gasteiger charge is -2.30. The topological polar surface area (TPSA) is 179 Å². The van der Waals surface area contributed by atoms with Gasteiger partial charge in [-0.1, -0.05) is 36.4 Å². The van der Waals surface area contributed by atoms with E-state index in [1.54, 1.807) is 50.2 Å². The van der Waals surface area contributed by atoms with E-state index in [1.165, 1.54) is 7.11 Å². The number of para-hydroxylation sites is 2. The van der Waals surface area contributed by atoms with Gasteiger partial charge in [-0.2, -0.15) is 0 Å². The minimum Gasteiger partial charge on any atom is -0.467 e. The van der Waals surface area contributed by atoms with Crippen LogP contribution in [0.25, 0.3) is 21.8 Å². The van der Waals surface area contributed by atoms with Gasteiger partial charge >= 0.3 is 12.1 Å². The number of hydrogen-bond acceptors (Lipinski definition) is 9. The summed E-state index contributed by atoms with van der Waals surface area (Å²) in [6, 6.07) is 15.5. The molecule has 7 rings (SSSR count). The second-order valence-corrected chi connectivity index (χ2v) is 15.8. The Bertz CT molecular complexity index is 2260. The summed E-state index contributed by atoms with van der Waals surface area (Å²) in [5.74, 6) is -2.14. The van der Waals surface area contributed by atoms with Gasteiger partial charge in [-0.15, -0.1) is 0 Å². The van der Waals surface area contributed by atoms with Crippen molar-refractivity contribution >= 4 is 57.2 Å². The maximum absolute atomic E-state index is 14.6. The van der Waals surface area contributed by atoms with E-state index < -0.39 is 53.7 Å². The van der Waals surface area contributed by atoms with E-state index in [-0.39, 0.29) is 37.5 Å². The molecule has 0 bridgehead atoms. The Labute approximate surface area is 330 Å². The van der Waals surface area contributed by atoms with Gasteiger partial charge in [-0.05, 0) is 75.4 Å². The van der Waals surface area contributed by atoms with Gasteiger partial charge in [0.2, 0.25) is 11.8 Å². The molecule has 5 atom stereocenters. The third-order valence-corrected chi connectivity index (χ3v) is 10.9. The first-order valence-electron chi connectivity index (χ1n) is 19.4. The molecule has 5 heterocycles. The van der Waals surface area contributed by atoms with Crippen molar-refractivity contribution in [2.24, 2.45) is 5.92 Å². The zero-order chi connectivity index (χ0) is 40.3. The number of aromatic amines is 2. The summed E-state index contributed by atoms with van der Waals surface area (Å²) in [5.41, 5.74) is 3.42. The number of nitrogens with one attached hydrogen (secondary N) is 4. The lowest BCUT2D eigenvalue weighted by Crippen LogP contribution is -2.54. The molecular weight excluding hydrogens is 727 g/mol. The number of alkyl carbamates (subject to hydrolysis) is 1. The van der Waals surface area contributed by atoms with E-state index in [9.17, 15) is 24.0 Å². The molecule has 5 aromatic rings. The number of ketones is 1. The molecule has 2 aromatic carbocycles. The first-order valence-corrected chi connectivity index (χ1v) is 19.4. The first-order chi connectivity index (χ1) is 27.4. The largest absolute Gasteiger partial charge is 0.467 e. The number of ether oxygens (including phenoxy) is 2. The molecule has 4 N–H and O–H groups in total. The van der Waals surface area contributed by atoms with Gasteiger partial charge < -0.3 is 39.9 Å². The highest BCUT2D eigenvalue weighted by molar-refractivity contribution is 5.97. The molecule has 0 spiro atoms. The molecule has 2 aliphatic heterocycles. The highest BCUT2D eigenvalue weighted by Crippen LogP contribution is 2.34. The van der Waals surface area contributed by atoms with Crippen LogP contribution in [0.3, 0.4) is 0 Å². The molecule has 3 aromatic heterocycles. The molecule has 0 aliphatic carbocycles. The van der Waals surface area contributed by atoms with Crippen LogP contribution in [0.1, 0.15) is 51.2 Å². The summed E-state index contributed by atoms with van der Waals surface area (Å²) in [5, 5.41) is 7.61. The number of amides is 3. The standard InChI is InChI=1S/C43H49N7O7/c1-43(2,3)57-42(55)48-34(20-26-23-45-32-12-7-5-10-30(26)32)40(53)49-19-9-14-36(49)38(51)28-22-37(50(25-28)29-15-17-44-18-16-29)39(52)47-35(41(54)56-4)21-27-24-46-33-13-8-6-11-31(27)33/h5-8,10-13,15-18,23-24,28,34-37,45-46H,9,14,19-22,25H2,1-4H3,(H,47,52)(H,48,55)/t28-,34+,35+,36+,37+/m1/s1. The van der Waals surface area contributed by atoms with Gasteiger partial charge in [-0.3, -0.25) is 19.4 Å². The summed E-state index contributed by atoms with van der Waals surface area (Å²) in [7, 11) is 1.28. The van der Waals surface area contributed by atoms with Gasteiger partial charge in [0.25, 0.3) is 0 Å². The predicted molar refractivity (Wildman–Crippen MR) is 214 cm³/mol. The minimum atomic E-state index is -1.00. The van der Waals surface area contributed by atoms with Gasteiger partial charge in [0, 0.05) is 84.1 Å². The van der Waals surface area contributed by atoms with Crippen LogP contribution >= 0.6 is 0 Å². The Morgan fingerprint density at radius 2 is 1.46 bits per heavy atom. The van der Waals surface area contributed by atoms with Crippen molar-refractivity contribution in [3.8, 4) is 0 Å². The highest BCUT2D eigenvalue weighted by Gasteiger charge is 2.46. The average Bonchev–Trinajstić information content (AvgIpc) is 4.03. The Balaban J connectivity index is 1.11. The number of anilines is 1. The number of carbonyl (C=O) groups excluding carboxylic acids is 5. The summed E-state index contributed by atoms with van der Waals surface area (Å²) >= 11 is 0. The van der Waals surface area contributed by atoms with E-state index in [2.05, 4.69) is 25.6 Å². The van der Waals surface area contributed by atoms with Crippen molar-refractivity contribution in [1.82, 2.24) is 30.5 Å². The van der Waals surface area contributed by atoms with Crippen LogP contribution in [0, 0.1) is 5.92 Å². The molecule has 2 fully saturated rings. The average molecular weight is 776 g/mol. The molecule has 14 nitrogen and oxygen atoms in total. The van der Waals surface area contributed by atoms with Gasteiger partial charge in [0.05, 0.1) is 13.2 Å². The van der Waals surface area contributed by atoms with E-state index in [1.807, 2.05) is 65.8 Å².